The van der Waals surface area contributed by atoms with Gasteiger partial charge in [0.2, 0.25) is 0 Å². The van der Waals surface area contributed by atoms with E-state index in [1.165, 1.54) is 0 Å². The molecule has 1 heterocycles. The number of aromatic nitrogens is 2. The molecule has 0 aliphatic carbocycles. The molecule has 0 aliphatic heterocycles. The van der Waals surface area contributed by atoms with Gasteiger partial charge in [0.25, 0.3) is 0 Å². The van der Waals surface area contributed by atoms with Crippen molar-refractivity contribution in [1.82, 2.24) is 9.97 Å². The molecule has 0 fully saturated rings. The molecule has 0 bridgehead atoms. The topological polar surface area (TPSA) is 49.6 Å². The fourth-order valence-electron chi connectivity index (χ4n) is 8.15. The molecule has 0 aliphatic rings. The molecule has 9 aromatic carbocycles. The summed E-state index contributed by atoms with van der Waals surface area (Å²) in [7, 11) is 0. The first-order valence-corrected chi connectivity index (χ1v) is 20.9. The van der Waals surface area contributed by atoms with Crippen molar-refractivity contribution in [2.75, 3.05) is 0 Å². The van der Waals surface area contributed by atoms with Gasteiger partial charge in [-0.15, -0.1) is 0 Å². The summed E-state index contributed by atoms with van der Waals surface area (Å²) in [6.07, 6.45) is 2.00. The van der Waals surface area contributed by atoms with E-state index in [1.54, 1.807) is 0 Å². The third-order valence-electron chi connectivity index (χ3n) is 11.3. The van der Waals surface area contributed by atoms with Gasteiger partial charge in [0, 0.05) is 16.7 Å². The average Bonchev–Trinajstić information content (AvgIpc) is 3.36. The van der Waals surface area contributed by atoms with Gasteiger partial charge in [-0.25, -0.2) is 9.97 Å². The summed E-state index contributed by atoms with van der Waals surface area (Å²) >= 11 is 0. The van der Waals surface area contributed by atoms with Crippen LogP contribution in [0.4, 0.5) is 0 Å². The number of rotatable bonds is 10. The van der Waals surface area contributed by atoms with E-state index in [0.29, 0.717) is 11.5 Å². The molecule has 62 heavy (non-hydrogen) atoms. The fraction of sp³-hybridized carbons (Fsp3) is 0. The average molecular weight is 792 g/mol. The highest BCUT2D eigenvalue weighted by atomic mass is 14.9. The maximum atomic E-state index is 9.10. The highest BCUT2D eigenvalue weighted by Crippen LogP contribution is 2.37. The molecular weight excluding hydrogens is 751 g/mol. The number of nitrogens with one attached hydrogen (secondary N) is 1. The van der Waals surface area contributed by atoms with Crippen molar-refractivity contribution in [2.45, 2.75) is 0 Å². The molecule has 1 aromatic heterocycles. The van der Waals surface area contributed by atoms with Gasteiger partial charge < -0.3 is 5.41 Å². The molecule has 0 amide bonds. The molecule has 1 N–H and O–H groups in total. The van der Waals surface area contributed by atoms with Crippen LogP contribution in [0.15, 0.2) is 243 Å². The number of nitrogens with zero attached hydrogens (tertiary/aromatic N) is 2. The Morgan fingerprint density at radius 1 is 0.339 bits per heavy atom. The Kier molecular flexibility index (Phi) is 10.5. The predicted molar refractivity (Wildman–Crippen MR) is 259 cm³/mol. The van der Waals surface area contributed by atoms with E-state index in [2.05, 4.69) is 182 Å². The summed E-state index contributed by atoms with van der Waals surface area (Å²) < 4.78 is 0. The van der Waals surface area contributed by atoms with Crippen molar-refractivity contribution >= 4 is 22.1 Å². The normalized spacial score (nSPS) is 11.4. The Labute approximate surface area is 362 Å². The lowest BCUT2D eigenvalue weighted by molar-refractivity contribution is 1.18. The lowest BCUT2D eigenvalue weighted by atomic mass is 9.90. The first kappa shape index (κ1) is 38.0. The maximum absolute atomic E-state index is 9.10. The lowest BCUT2D eigenvalue weighted by Gasteiger charge is -2.15. The number of hydrogen-bond donors (Lipinski definition) is 1. The van der Waals surface area contributed by atoms with Crippen LogP contribution in [0.5, 0.6) is 0 Å². The Hall–Kier alpha value is -8.27. The number of benzene rings is 9. The highest BCUT2D eigenvalue weighted by Gasteiger charge is 2.16. The summed E-state index contributed by atoms with van der Waals surface area (Å²) in [4.78, 5) is 10.5. The summed E-state index contributed by atoms with van der Waals surface area (Å²) in [5.74, 6) is 0.673. The molecule has 292 valence electrons. The van der Waals surface area contributed by atoms with E-state index in [1.807, 2.05) is 60.7 Å². The molecule has 0 spiro atoms. The minimum absolute atomic E-state index is 0.465. The van der Waals surface area contributed by atoms with Gasteiger partial charge >= 0.3 is 0 Å². The van der Waals surface area contributed by atoms with Crippen molar-refractivity contribution in [1.29, 1.82) is 5.41 Å². The van der Waals surface area contributed by atoms with E-state index in [4.69, 9.17) is 15.4 Å². The van der Waals surface area contributed by atoms with E-state index < -0.39 is 0 Å². The zero-order chi connectivity index (χ0) is 41.7. The second-order valence-electron chi connectivity index (χ2n) is 15.4. The van der Waals surface area contributed by atoms with Gasteiger partial charge in [0.15, 0.2) is 5.82 Å². The molecule has 3 nitrogen and oxygen atoms in total. The van der Waals surface area contributed by atoms with Crippen molar-refractivity contribution in [3.05, 3.63) is 259 Å². The quantitative estimate of drug-likeness (QED) is 0.140. The van der Waals surface area contributed by atoms with E-state index >= 15 is 0 Å². The monoisotopic (exact) mass is 791 g/mol. The molecule has 0 atom stereocenters. The van der Waals surface area contributed by atoms with Gasteiger partial charge in [-0.05, 0) is 109 Å². The first-order valence-electron chi connectivity index (χ1n) is 20.9. The van der Waals surface area contributed by atoms with Crippen LogP contribution in [0.3, 0.4) is 0 Å². The van der Waals surface area contributed by atoms with Crippen LogP contribution in [0.25, 0.3) is 83.6 Å². The van der Waals surface area contributed by atoms with Gasteiger partial charge in [-0.1, -0.05) is 200 Å². The van der Waals surface area contributed by atoms with Crippen LogP contribution in [0, 0.1) is 5.41 Å². The van der Waals surface area contributed by atoms with Crippen LogP contribution in [0.2, 0.25) is 0 Å². The zero-order valence-electron chi connectivity index (χ0n) is 34.0. The third-order valence-corrected chi connectivity index (χ3v) is 11.3. The minimum atomic E-state index is 0.465. The van der Waals surface area contributed by atoms with Gasteiger partial charge in [0.1, 0.15) is 0 Å². The second kappa shape index (κ2) is 17.1. The first-order chi connectivity index (χ1) is 30.6. The molecular formula is C59H41N3. The summed E-state index contributed by atoms with van der Waals surface area (Å²) in [5, 5.41) is 11.4. The van der Waals surface area contributed by atoms with Gasteiger partial charge in [-0.3, -0.25) is 0 Å². The molecule has 0 saturated carbocycles. The van der Waals surface area contributed by atoms with Crippen LogP contribution in [-0.4, -0.2) is 15.7 Å². The molecule has 0 saturated heterocycles. The number of hydrogen-bond acceptors (Lipinski definition) is 3. The van der Waals surface area contributed by atoms with Crippen LogP contribution < -0.4 is 0 Å². The lowest BCUT2D eigenvalue weighted by Crippen LogP contribution is -1.98. The Bertz CT molecular complexity index is 3160. The van der Waals surface area contributed by atoms with Crippen LogP contribution >= 0.6 is 0 Å². The predicted octanol–water partition coefficient (Wildman–Crippen LogP) is 15.1. The molecule has 0 radical (unpaired) electrons. The molecule has 3 heteroatoms. The second-order valence-corrected chi connectivity index (χ2v) is 15.4. The van der Waals surface area contributed by atoms with Crippen molar-refractivity contribution in [3.8, 4) is 67.3 Å². The molecule has 0 unspecified atom stereocenters. The van der Waals surface area contributed by atoms with E-state index in [0.717, 1.165) is 94.5 Å². The van der Waals surface area contributed by atoms with E-state index in [9.17, 15) is 0 Å². The third kappa shape index (κ3) is 8.03. The van der Waals surface area contributed by atoms with Gasteiger partial charge in [0.05, 0.1) is 17.1 Å². The minimum Gasteiger partial charge on any atom is -0.300 e. The fourth-order valence-corrected chi connectivity index (χ4v) is 8.15. The Morgan fingerprint density at radius 3 is 1.44 bits per heavy atom. The Morgan fingerprint density at radius 2 is 0.806 bits per heavy atom. The summed E-state index contributed by atoms with van der Waals surface area (Å²) in [6.45, 7) is 0. The number of allylic oxidation sites excluding steroid dienone is 1. The largest absolute Gasteiger partial charge is 0.300 e. The maximum Gasteiger partial charge on any atom is 0.160 e. The number of fused-ring (bicyclic) bond motifs is 1. The summed E-state index contributed by atoms with van der Waals surface area (Å²) in [6, 6.07) is 82.3. The van der Waals surface area contributed by atoms with Crippen molar-refractivity contribution in [2.24, 2.45) is 0 Å². The Balaban J connectivity index is 1.10. The standard InChI is InChI=1S/C59H41N3/c60-56(45-24-12-4-13-25-45)39-55(43-22-10-3-11-23-43)53-31-17-28-44-32-33-48(38-54(44)53)47-29-16-30-49(34-47)57-40-58(62-59(61-57)46-26-14-5-15-27-46)52-36-50(41-18-6-1-7-19-41)35-51(37-52)42-20-8-2-9-21-42/h1-40,60H/b55-39-,60-56?. The SMILES string of the molecule is N=C(/C=C(/c1ccccc1)c1cccc2ccc(-c3cccc(-c4cc(-c5cc(-c6ccccc6)cc(-c6ccccc6)c5)nc(-c5ccccc5)n4)c3)cc12)c1ccccc1. The van der Waals surface area contributed by atoms with Crippen LogP contribution in [0.1, 0.15) is 16.7 Å². The smallest absolute Gasteiger partial charge is 0.160 e. The van der Waals surface area contributed by atoms with Crippen LogP contribution in [-0.2, 0) is 0 Å². The van der Waals surface area contributed by atoms with Gasteiger partial charge in [-0.2, -0.15) is 0 Å². The van der Waals surface area contributed by atoms with E-state index in [-0.39, 0.29) is 0 Å². The zero-order valence-corrected chi connectivity index (χ0v) is 34.0. The molecule has 10 aromatic rings. The molecule has 10 rings (SSSR count). The van der Waals surface area contributed by atoms with Crippen molar-refractivity contribution < 1.29 is 0 Å². The highest BCUT2D eigenvalue weighted by molar-refractivity contribution is 6.14. The van der Waals surface area contributed by atoms with Crippen molar-refractivity contribution in [3.63, 3.8) is 0 Å². The summed E-state index contributed by atoms with van der Waals surface area (Å²) in [5.41, 5.74) is 15.9.